The van der Waals surface area contributed by atoms with Gasteiger partial charge in [0.2, 0.25) is 0 Å². The monoisotopic (exact) mass is 392 g/mol. The topological polar surface area (TPSA) is 101 Å². The van der Waals surface area contributed by atoms with E-state index in [1.54, 1.807) is 24.3 Å². The predicted molar refractivity (Wildman–Crippen MR) is 122 cm³/mol. The number of anilines is 2. The van der Waals surface area contributed by atoms with Crippen molar-refractivity contribution >= 4 is 34.1 Å². The molecule has 6 nitrogen and oxygen atoms in total. The van der Waals surface area contributed by atoms with Crippen molar-refractivity contribution in [2.45, 2.75) is 0 Å². The fraction of sp³-hybridized carbons (Fsp3) is 0. The van der Waals surface area contributed by atoms with Crippen LogP contribution in [-0.4, -0.2) is 0 Å². The maximum Gasteiger partial charge on any atom is 0.0858 e. The van der Waals surface area contributed by atoms with E-state index in [1.165, 1.54) is 0 Å². The number of nitrogens with zero attached hydrogens (tertiary/aromatic N) is 4. The molecule has 4 rings (SSSR count). The molecule has 0 aliphatic rings. The fourth-order valence-corrected chi connectivity index (χ4v) is 2.75. The standard InChI is InChI=1S/C24H20N6/c25-19-5-13-23(14-6-19)29-27-21-9-1-17(2-10-21)18-3-11-22(12-4-18)28-30-24-15-7-20(26)8-16-24/h1-16H,25-26H2/b29-27+,30-28+. The normalized spacial score (nSPS) is 11.3. The highest BCUT2D eigenvalue weighted by Gasteiger charge is 1.99. The molecule has 0 amide bonds. The number of hydrogen-bond acceptors (Lipinski definition) is 6. The van der Waals surface area contributed by atoms with Crippen LogP contribution in [0.4, 0.5) is 34.1 Å². The molecule has 0 radical (unpaired) electrons. The van der Waals surface area contributed by atoms with Crippen molar-refractivity contribution in [1.82, 2.24) is 0 Å². The highest BCUT2D eigenvalue weighted by Crippen LogP contribution is 2.27. The van der Waals surface area contributed by atoms with Gasteiger partial charge in [-0.25, -0.2) is 0 Å². The Hall–Kier alpha value is -4.32. The van der Waals surface area contributed by atoms with E-state index in [0.717, 1.165) is 33.9 Å². The van der Waals surface area contributed by atoms with E-state index in [9.17, 15) is 0 Å². The molecular weight excluding hydrogens is 372 g/mol. The van der Waals surface area contributed by atoms with Crippen LogP contribution in [0.25, 0.3) is 11.1 Å². The summed E-state index contributed by atoms with van der Waals surface area (Å²) >= 11 is 0. The van der Waals surface area contributed by atoms with Gasteiger partial charge in [-0.1, -0.05) is 24.3 Å². The minimum atomic E-state index is 0.705. The first-order valence-electron chi connectivity index (χ1n) is 9.41. The molecule has 0 aliphatic heterocycles. The molecule has 146 valence electrons. The second-order valence-electron chi connectivity index (χ2n) is 6.68. The van der Waals surface area contributed by atoms with Gasteiger partial charge in [-0.05, 0) is 83.9 Å². The van der Waals surface area contributed by atoms with Crippen LogP contribution in [0.15, 0.2) is 118 Å². The van der Waals surface area contributed by atoms with Crippen LogP contribution in [0.5, 0.6) is 0 Å². The van der Waals surface area contributed by atoms with Crippen molar-refractivity contribution < 1.29 is 0 Å². The average Bonchev–Trinajstić information content (AvgIpc) is 2.79. The van der Waals surface area contributed by atoms with E-state index in [0.29, 0.717) is 11.4 Å². The molecule has 4 aromatic rings. The van der Waals surface area contributed by atoms with Crippen LogP contribution >= 0.6 is 0 Å². The van der Waals surface area contributed by atoms with Crippen LogP contribution in [0.2, 0.25) is 0 Å². The van der Waals surface area contributed by atoms with Crippen LogP contribution in [-0.2, 0) is 0 Å². The van der Waals surface area contributed by atoms with Gasteiger partial charge in [-0.3, -0.25) is 0 Å². The minimum Gasteiger partial charge on any atom is -0.399 e. The van der Waals surface area contributed by atoms with Gasteiger partial charge in [0, 0.05) is 11.4 Å². The third kappa shape index (κ3) is 4.94. The molecule has 0 saturated heterocycles. The molecule has 0 atom stereocenters. The Morgan fingerprint density at radius 2 is 0.567 bits per heavy atom. The molecule has 4 N–H and O–H groups in total. The Morgan fingerprint density at radius 3 is 0.833 bits per heavy atom. The lowest BCUT2D eigenvalue weighted by Gasteiger charge is -2.02. The SMILES string of the molecule is Nc1ccc(/N=N/c2ccc(-c3ccc(/N=N/c4ccc(N)cc4)cc3)cc2)cc1. The van der Waals surface area contributed by atoms with E-state index in [-0.39, 0.29) is 0 Å². The summed E-state index contributed by atoms with van der Waals surface area (Å²) < 4.78 is 0. The van der Waals surface area contributed by atoms with E-state index in [4.69, 9.17) is 11.5 Å². The van der Waals surface area contributed by atoms with Crippen LogP contribution < -0.4 is 11.5 Å². The van der Waals surface area contributed by atoms with Gasteiger partial charge in [0.15, 0.2) is 0 Å². The van der Waals surface area contributed by atoms with Gasteiger partial charge >= 0.3 is 0 Å². The predicted octanol–water partition coefficient (Wildman–Crippen LogP) is 7.35. The Bertz CT molecular complexity index is 1060. The lowest BCUT2D eigenvalue weighted by Crippen LogP contribution is -1.80. The Kier molecular flexibility index (Phi) is 5.57. The van der Waals surface area contributed by atoms with Crippen molar-refractivity contribution in [1.29, 1.82) is 0 Å². The molecule has 0 fully saturated rings. The smallest absolute Gasteiger partial charge is 0.0858 e. The number of nitrogens with two attached hydrogens (primary N) is 2. The summed E-state index contributed by atoms with van der Waals surface area (Å²) in [5.74, 6) is 0. The Balaban J connectivity index is 1.42. The molecule has 0 aliphatic carbocycles. The second kappa shape index (κ2) is 8.79. The van der Waals surface area contributed by atoms with Crippen molar-refractivity contribution in [3.63, 3.8) is 0 Å². The summed E-state index contributed by atoms with van der Waals surface area (Å²) in [5.41, 5.74) is 18.0. The molecule has 0 spiro atoms. The third-order valence-corrected chi connectivity index (χ3v) is 4.42. The van der Waals surface area contributed by atoms with Crippen molar-refractivity contribution in [3.05, 3.63) is 97.1 Å². The highest BCUT2D eigenvalue weighted by molar-refractivity contribution is 5.67. The van der Waals surface area contributed by atoms with Gasteiger partial charge in [0.05, 0.1) is 22.7 Å². The lowest BCUT2D eigenvalue weighted by molar-refractivity contribution is 1.23. The highest BCUT2D eigenvalue weighted by atomic mass is 15.1. The number of rotatable bonds is 5. The number of azo groups is 2. The molecule has 0 heterocycles. The van der Waals surface area contributed by atoms with E-state index < -0.39 is 0 Å². The average molecular weight is 392 g/mol. The summed E-state index contributed by atoms with van der Waals surface area (Å²) in [6, 6.07) is 30.3. The van der Waals surface area contributed by atoms with Gasteiger partial charge in [0.1, 0.15) is 0 Å². The minimum absolute atomic E-state index is 0.705. The van der Waals surface area contributed by atoms with Gasteiger partial charge in [-0.15, -0.1) is 0 Å². The third-order valence-electron chi connectivity index (χ3n) is 4.42. The van der Waals surface area contributed by atoms with Crippen LogP contribution in [0.3, 0.4) is 0 Å². The molecule has 6 heteroatoms. The first-order valence-corrected chi connectivity index (χ1v) is 9.41. The molecule has 0 aromatic heterocycles. The number of nitrogen functional groups attached to an aromatic ring is 2. The molecule has 30 heavy (non-hydrogen) atoms. The van der Waals surface area contributed by atoms with Crippen LogP contribution in [0.1, 0.15) is 0 Å². The zero-order chi connectivity index (χ0) is 20.8. The van der Waals surface area contributed by atoms with Gasteiger partial charge < -0.3 is 11.5 Å². The molecule has 0 unspecified atom stereocenters. The molecule has 4 aromatic carbocycles. The molecule has 0 bridgehead atoms. The number of benzene rings is 4. The van der Waals surface area contributed by atoms with Crippen LogP contribution in [0, 0.1) is 0 Å². The summed E-state index contributed by atoms with van der Waals surface area (Å²) in [5, 5.41) is 17.0. The summed E-state index contributed by atoms with van der Waals surface area (Å²) in [6.45, 7) is 0. The maximum atomic E-state index is 5.68. The zero-order valence-electron chi connectivity index (χ0n) is 16.2. The van der Waals surface area contributed by atoms with E-state index in [1.807, 2.05) is 72.8 Å². The fourth-order valence-electron chi connectivity index (χ4n) is 2.75. The van der Waals surface area contributed by atoms with Crippen molar-refractivity contribution in [3.8, 4) is 11.1 Å². The maximum absolute atomic E-state index is 5.68. The Morgan fingerprint density at radius 1 is 0.333 bits per heavy atom. The van der Waals surface area contributed by atoms with E-state index >= 15 is 0 Å². The van der Waals surface area contributed by atoms with Crippen molar-refractivity contribution in [2.24, 2.45) is 20.5 Å². The molecule has 0 saturated carbocycles. The first-order chi connectivity index (χ1) is 14.7. The zero-order valence-corrected chi connectivity index (χ0v) is 16.2. The first kappa shape index (κ1) is 19.0. The van der Waals surface area contributed by atoms with Gasteiger partial charge in [0.25, 0.3) is 0 Å². The number of hydrogen-bond donors (Lipinski definition) is 2. The summed E-state index contributed by atoms with van der Waals surface area (Å²) in [7, 11) is 0. The summed E-state index contributed by atoms with van der Waals surface area (Å²) in [6.07, 6.45) is 0. The van der Waals surface area contributed by atoms with Gasteiger partial charge in [-0.2, -0.15) is 20.5 Å². The lowest BCUT2D eigenvalue weighted by atomic mass is 10.1. The largest absolute Gasteiger partial charge is 0.399 e. The van der Waals surface area contributed by atoms with Crippen molar-refractivity contribution in [2.75, 3.05) is 11.5 Å². The Labute approximate surface area is 174 Å². The summed E-state index contributed by atoms with van der Waals surface area (Å²) in [4.78, 5) is 0. The molecular formula is C24H20N6. The quantitative estimate of drug-likeness (QED) is 0.274. The van der Waals surface area contributed by atoms with E-state index in [2.05, 4.69) is 20.5 Å². The second-order valence-corrected chi connectivity index (χ2v) is 6.68.